The van der Waals surface area contributed by atoms with Crippen molar-refractivity contribution in [2.45, 2.75) is 25.8 Å². The van der Waals surface area contributed by atoms with E-state index >= 15 is 0 Å². The van der Waals surface area contributed by atoms with E-state index in [9.17, 15) is 33.9 Å². The number of aromatic nitrogens is 1. The minimum absolute atomic E-state index is 0.0728. The van der Waals surface area contributed by atoms with Crippen molar-refractivity contribution in [2.24, 2.45) is 0 Å². The van der Waals surface area contributed by atoms with Crippen LogP contribution in [0.5, 0.6) is 5.75 Å². The van der Waals surface area contributed by atoms with Gasteiger partial charge in [-0.25, -0.2) is 9.78 Å². The quantitative estimate of drug-likeness (QED) is 0.331. The van der Waals surface area contributed by atoms with E-state index in [2.05, 4.69) is 15.6 Å². The number of benzene rings is 1. The summed E-state index contributed by atoms with van der Waals surface area (Å²) < 4.78 is 10.8. The van der Waals surface area contributed by atoms with Gasteiger partial charge in [0, 0.05) is 57.1 Å². The average molecular weight is 599 g/mol. The van der Waals surface area contributed by atoms with Crippen molar-refractivity contribution >= 4 is 46.6 Å². The van der Waals surface area contributed by atoms with Gasteiger partial charge in [0.1, 0.15) is 17.5 Å². The lowest BCUT2D eigenvalue weighted by atomic mass is 10.1. The van der Waals surface area contributed by atoms with Gasteiger partial charge >= 0.3 is 12.1 Å². The van der Waals surface area contributed by atoms with E-state index in [1.807, 2.05) is 0 Å². The second kappa shape index (κ2) is 14.3. The molecule has 230 valence electrons. The van der Waals surface area contributed by atoms with Crippen molar-refractivity contribution in [1.82, 2.24) is 30.3 Å². The van der Waals surface area contributed by atoms with Crippen molar-refractivity contribution in [3.8, 4) is 5.75 Å². The van der Waals surface area contributed by atoms with Gasteiger partial charge < -0.3 is 39.9 Å². The van der Waals surface area contributed by atoms with Crippen molar-refractivity contribution in [1.29, 1.82) is 0 Å². The molecule has 0 unspecified atom stereocenters. The predicted octanol–water partition coefficient (Wildman–Crippen LogP) is -0.164. The molecule has 43 heavy (non-hydrogen) atoms. The molecule has 3 N–H and O–H groups in total. The second-order valence-electron chi connectivity index (χ2n) is 9.95. The maximum atomic E-state index is 13.4. The van der Waals surface area contributed by atoms with Crippen molar-refractivity contribution in [3.05, 3.63) is 36.0 Å². The summed E-state index contributed by atoms with van der Waals surface area (Å²) in [6, 6.07) is 7.02. The Balaban J connectivity index is 1.48. The summed E-state index contributed by atoms with van der Waals surface area (Å²) in [6.07, 6.45) is -1.00. The number of amides is 5. The fraction of sp³-hybridized carbons (Fsp3) is 0.464. The monoisotopic (exact) mass is 598 g/mol. The Labute approximate surface area is 247 Å². The lowest BCUT2D eigenvalue weighted by Crippen LogP contribution is -2.56. The third-order valence-electron chi connectivity index (χ3n) is 7.02. The highest BCUT2D eigenvalue weighted by Crippen LogP contribution is 2.26. The molecule has 15 heteroatoms. The van der Waals surface area contributed by atoms with E-state index in [4.69, 9.17) is 9.47 Å². The third kappa shape index (κ3) is 8.08. The molecule has 4 rings (SSSR count). The molecule has 1 aromatic carbocycles. The van der Waals surface area contributed by atoms with E-state index in [0.29, 0.717) is 24.0 Å². The topological polar surface area (TPSA) is 188 Å². The Kier molecular flexibility index (Phi) is 10.3. The number of fused-ring (bicyclic) bond motifs is 1. The zero-order valence-electron chi connectivity index (χ0n) is 23.7. The van der Waals surface area contributed by atoms with Crippen molar-refractivity contribution in [2.75, 3.05) is 59.0 Å². The van der Waals surface area contributed by atoms with Crippen LogP contribution in [0, 0.1) is 0 Å². The number of ether oxygens (including phenoxy) is 2. The molecule has 2 saturated heterocycles. The Bertz CT molecular complexity index is 1390. The summed E-state index contributed by atoms with van der Waals surface area (Å²) in [7, 11) is 0. The van der Waals surface area contributed by atoms with Crippen LogP contribution >= 0.6 is 0 Å². The highest BCUT2D eigenvalue weighted by molar-refractivity contribution is 5.99. The van der Waals surface area contributed by atoms with Crippen LogP contribution < -0.4 is 15.4 Å². The molecule has 2 aliphatic heterocycles. The van der Waals surface area contributed by atoms with Gasteiger partial charge in [0.15, 0.2) is 6.61 Å². The standard InChI is InChI=1S/C28H34N6O9/c1-2-42-28(41)33-13-11-32(12-14-33)27(40)20(7-8-25(37)38)31-26(39)21-15-22(18-5-3-4-6-19(18)30-21)43-17-24(36)34-10-9-29-23(35)16-34/h3-6,15,20H,2,7-14,16-17H2,1H3,(H,29,35)(H,31,39)(H,37,38)/t20-/m0/s1. The summed E-state index contributed by atoms with van der Waals surface area (Å²) in [5.41, 5.74) is 0.303. The third-order valence-corrected chi connectivity index (χ3v) is 7.02. The number of hydrogen-bond donors (Lipinski definition) is 3. The highest BCUT2D eigenvalue weighted by atomic mass is 16.6. The Morgan fingerprint density at radius 2 is 1.77 bits per heavy atom. The number of carboxylic acids is 1. The predicted molar refractivity (Wildman–Crippen MR) is 150 cm³/mol. The molecule has 0 aliphatic carbocycles. The van der Waals surface area contributed by atoms with Crippen LogP contribution in [0.4, 0.5) is 4.79 Å². The van der Waals surface area contributed by atoms with E-state index < -0.39 is 35.8 Å². The summed E-state index contributed by atoms with van der Waals surface area (Å²) in [5, 5.41) is 15.1. The summed E-state index contributed by atoms with van der Waals surface area (Å²) >= 11 is 0. The Morgan fingerprint density at radius 3 is 2.47 bits per heavy atom. The molecular formula is C28H34N6O9. The summed E-state index contributed by atoms with van der Waals surface area (Å²) in [5.74, 6) is -2.80. The van der Waals surface area contributed by atoms with E-state index in [-0.39, 0.29) is 76.1 Å². The number of carboxylic acid groups (broad SMARTS) is 1. The van der Waals surface area contributed by atoms with Gasteiger partial charge in [-0.15, -0.1) is 0 Å². The van der Waals surface area contributed by atoms with Crippen LogP contribution in [-0.4, -0.2) is 126 Å². The van der Waals surface area contributed by atoms with E-state index in [0.717, 1.165) is 0 Å². The van der Waals surface area contributed by atoms with Crippen LogP contribution in [-0.2, 0) is 23.9 Å². The molecule has 0 saturated carbocycles. The van der Waals surface area contributed by atoms with Crippen LogP contribution in [0.2, 0.25) is 0 Å². The maximum Gasteiger partial charge on any atom is 0.409 e. The largest absolute Gasteiger partial charge is 0.483 e. The molecule has 0 spiro atoms. The highest BCUT2D eigenvalue weighted by Gasteiger charge is 2.31. The summed E-state index contributed by atoms with van der Waals surface area (Å²) in [6.45, 7) is 3.02. The molecule has 2 aromatic rings. The smallest absolute Gasteiger partial charge is 0.409 e. The van der Waals surface area contributed by atoms with Gasteiger partial charge in [0.25, 0.3) is 11.8 Å². The normalized spacial score (nSPS) is 15.8. The van der Waals surface area contributed by atoms with Gasteiger partial charge in [-0.1, -0.05) is 12.1 Å². The van der Waals surface area contributed by atoms with Crippen molar-refractivity contribution < 1.29 is 43.3 Å². The minimum atomic E-state index is -1.16. The van der Waals surface area contributed by atoms with Gasteiger partial charge in [-0.05, 0) is 25.5 Å². The zero-order valence-corrected chi connectivity index (χ0v) is 23.7. The summed E-state index contributed by atoms with van der Waals surface area (Å²) in [4.78, 5) is 83.1. The molecular weight excluding hydrogens is 564 g/mol. The van der Waals surface area contributed by atoms with Gasteiger partial charge in [0.05, 0.1) is 18.7 Å². The number of aliphatic carboxylic acids is 1. The molecule has 1 atom stereocenters. The number of carbonyl (C=O) groups excluding carboxylic acids is 5. The maximum absolute atomic E-state index is 13.4. The lowest BCUT2D eigenvalue weighted by molar-refractivity contribution is -0.139. The number of pyridine rings is 1. The number of nitrogens with one attached hydrogen (secondary N) is 2. The number of para-hydroxylation sites is 1. The molecule has 0 bridgehead atoms. The molecule has 2 fully saturated rings. The number of piperazine rings is 2. The van der Waals surface area contributed by atoms with Crippen LogP contribution in [0.25, 0.3) is 10.9 Å². The van der Waals surface area contributed by atoms with E-state index in [1.54, 1.807) is 31.2 Å². The molecule has 0 radical (unpaired) electrons. The number of hydrogen-bond acceptors (Lipinski definition) is 9. The minimum Gasteiger partial charge on any atom is -0.483 e. The SMILES string of the molecule is CCOC(=O)N1CCN(C(=O)[C@H](CCC(=O)O)NC(=O)c2cc(OCC(=O)N3CCNC(=O)C3)c3ccccc3n2)CC1. The first-order valence-corrected chi connectivity index (χ1v) is 14.0. The molecule has 5 amide bonds. The molecule has 15 nitrogen and oxygen atoms in total. The Morgan fingerprint density at radius 1 is 1.05 bits per heavy atom. The van der Waals surface area contributed by atoms with Gasteiger partial charge in [-0.2, -0.15) is 0 Å². The van der Waals surface area contributed by atoms with Crippen LogP contribution in [0.3, 0.4) is 0 Å². The zero-order chi connectivity index (χ0) is 30.9. The molecule has 1 aromatic heterocycles. The number of rotatable bonds is 10. The van der Waals surface area contributed by atoms with Crippen LogP contribution in [0.1, 0.15) is 30.3 Å². The number of nitrogens with zero attached hydrogens (tertiary/aromatic N) is 4. The van der Waals surface area contributed by atoms with Gasteiger partial charge in [-0.3, -0.25) is 24.0 Å². The Hall–Kier alpha value is -4.95. The lowest BCUT2D eigenvalue weighted by Gasteiger charge is -2.35. The fourth-order valence-electron chi connectivity index (χ4n) is 4.76. The molecule has 3 heterocycles. The first-order valence-electron chi connectivity index (χ1n) is 14.0. The van der Waals surface area contributed by atoms with Crippen LogP contribution in [0.15, 0.2) is 30.3 Å². The van der Waals surface area contributed by atoms with Gasteiger partial charge in [0.2, 0.25) is 11.8 Å². The average Bonchev–Trinajstić information content (AvgIpc) is 3.01. The number of carbonyl (C=O) groups is 6. The molecule has 2 aliphatic rings. The van der Waals surface area contributed by atoms with Crippen molar-refractivity contribution in [3.63, 3.8) is 0 Å². The fourth-order valence-corrected chi connectivity index (χ4v) is 4.76. The van der Waals surface area contributed by atoms with E-state index in [1.165, 1.54) is 20.8 Å². The first kappa shape index (κ1) is 31.0. The second-order valence-corrected chi connectivity index (χ2v) is 9.95. The first-order chi connectivity index (χ1) is 20.7.